The summed E-state index contributed by atoms with van der Waals surface area (Å²) in [6.45, 7) is 0.329. The Morgan fingerprint density at radius 2 is 1.79 bits per heavy atom. The minimum Gasteiger partial charge on any atom is -0.493 e. The molecule has 0 unspecified atom stereocenters. The number of methoxy groups -OCH3 is 2. The predicted octanol–water partition coefficient (Wildman–Crippen LogP) is 0.642. The molecule has 0 atom stereocenters. The molecule has 108 valence electrons. The van der Waals surface area contributed by atoms with Crippen molar-refractivity contribution in [2.24, 2.45) is 0 Å². The van der Waals surface area contributed by atoms with Crippen LogP contribution in [-0.4, -0.2) is 47.6 Å². The maximum Gasteiger partial charge on any atom is 0.278 e. The largest absolute Gasteiger partial charge is 0.493 e. The Kier molecular flexibility index (Phi) is 5.59. The van der Waals surface area contributed by atoms with Crippen LogP contribution < -0.4 is 14.2 Å². The molecule has 0 aliphatic carbocycles. The average Bonchev–Trinajstić information content (AvgIpc) is 2.38. The Labute approximate surface area is 114 Å². The molecule has 19 heavy (non-hydrogen) atoms. The molecule has 0 saturated carbocycles. The van der Waals surface area contributed by atoms with Gasteiger partial charge in [-0.25, -0.2) is 4.72 Å². The molecule has 1 rings (SSSR count). The van der Waals surface area contributed by atoms with Crippen molar-refractivity contribution in [1.82, 2.24) is 9.03 Å². The molecule has 0 aliphatic rings. The molecular weight excluding hydrogens is 268 g/mol. The number of hydrogen-bond acceptors (Lipinski definition) is 4. The third-order valence-electron chi connectivity index (χ3n) is 2.63. The SMILES string of the molecule is COc1ccc(CCNS(=O)(=O)N(C)C)cc1OC. The zero-order valence-electron chi connectivity index (χ0n) is 11.6. The van der Waals surface area contributed by atoms with Gasteiger partial charge in [0, 0.05) is 20.6 Å². The highest BCUT2D eigenvalue weighted by Crippen LogP contribution is 2.27. The van der Waals surface area contributed by atoms with Crippen LogP contribution in [0.1, 0.15) is 5.56 Å². The fourth-order valence-electron chi connectivity index (χ4n) is 1.49. The lowest BCUT2D eigenvalue weighted by molar-refractivity contribution is 0.354. The van der Waals surface area contributed by atoms with Crippen LogP contribution in [0, 0.1) is 0 Å². The minimum absolute atomic E-state index is 0.329. The van der Waals surface area contributed by atoms with Crippen LogP contribution >= 0.6 is 0 Å². The number of ether oxygens (including phenoxy) is 2. The van der Waals surface area contributed by atoms with Gasteiger partial charge >= 0.3 is 0 Å². The molecule has 1 aromatic carbocycles. The zero-order chi connectivity index (χ0) is 14.5. The van der Waals surface area contributed by atoms with E-state index in [-0.39, 0.29) is 0 Å². The summed E-state index contributed by atoms with van der Waals surface area (Å²) in [5, 5.41) is 0. The normalized spacial score (nSPS) is 11.6. The van der Waals surface area contributed by atoms with Gasteiger partial charge in [-0.15, -0.1) is 0 Å². The molecule has 0 saturated heterocycles. The molecule has 0 radical (unpaired) electrons. The van der Waals surface area contributed by atoms with Gasteiger partial charge in [-0.3, -0.25) is 0 Å². The third kappa shape index (κ3) is 4.38. The van der Waals surface area contributed by atoms with E-state index in [2.05, 4.69) is 4.72 Å². The van der Waals surface area contributed by atoms with Crippen molar-refractivity contribution >= 4 is 10.2 Å². The summed E-state index contributed by atoms with van der Waals surface area (Å²) < 4.78 is 37.0. The fraction of sp³-hybridized carbons (Fsp3) is 0.500. The molecule has 1 aromatic rings. The molecule has 0 aromatic heterocycles. The van der Waals surface area contributed by atoms with Gasteiger partial charge in [0.25, 0.3) is 10.2 Å². The van der Waals surface area contributed by atoms with Crippen molar-refractivity contribution in [3.63, 3.8) is 0 Å². The first-order valence-corrected chi connectivity index (χ1v) is 7.22. The first kappa shape index (κ1) is 15.7. The number of rotatable bonds is 7. The highest BCUT2D eigenvalue weighted by molar-refractivity contribution is 7.87. The maximum absolute atomic E-state index is 11.5. The van der Waals surface area contributed by atoms with Crippen LogP contribution in [-0.2, 0) is 16.6 Å². The molecule has 1 N–H and O–H groups in total. The number of nitrogens with zero attached hydrogens (tertiary/aromatic N) is 1. The summed E-state index contributed by atoms with van der Waals surface area (Å²) in [7, 11) is 2.74. The zero-order valence-corrected chi connectivity index (χ0v) is 12.5. The summed E-state index contributed by atoms with van der Waals surface area (Å²) in [6.07, 6.45) is 0.577. The smallest absolute Gasteiger partial charge is 0.278 e. The molecule has 0 fully saturated rings. The van der Waals surface area contributed by atoms with Gasteiger partial charge in [0.1, 0.15) is 0 Å². The van der Waals surface area contributed by atoms with Crippen LogP contribution in [0.25, 0.3) is 0 Å². The van der Waals surface area contributed by atoms with Gasteiger partial charge in [0.15, 0.2) is 11.5 Å². The lowest BCUT2D eigenvalue weighted by atomic mass is 10.1. The minimum atomic E-state index is -3.37. The molecule has 0 amide bonds. The van der Waals surface area contributed by atoms with Gasteiger partial charge in [-0.05, 0) is 24.1 Å². The van der Waals surface area contributed by atoms with E-state index in [1.54, 1.807) is 20.3 Å². The van der Waals surface area contributed by atoms with Crippen molar-refractivity contribution in [3.8, 4) is 11.5 Å². The second kappa shape index (κ2) is 6.74. The maximum atomic E-state index is 11.5. The van der Waals surface area contributed by atoms with E-state index in [9.17, 15) is 8.42 Å². The predicted molar refractivity (Wildman–Crippen MR) is 73.9 cm³/mol. The van der Waals surface area contributed by atoms with Crippen molar-refractivity contribution in [1.29, 1.82) is 0 Å². The van der Waals surface area contributed by atoms with Crippen molar-refractivity contribution in [2.45, 2.75) is 6.42 Å². The molecular formula is C12H20N2O4S. The van der Waals surface area contributed by atoms with Crippen LogP contribution in [0.4, 0.5) is 0 Å². The summed E-state index contributed by atoms with van der Waals surface area (Å²) in [4.78, 5) is 0. The molecule has 0 bridgehead atoms. The highest BCUT2D eigenvalue weighted by atomic mass is 32.2. The van der Waals surface area contributed by atoms with E-state index < -0.39 is 10.2 Å². The number of benzene rings is 1. The molecule has 6 nitrogen and oxygen atoms in total. The van der Waals surface area contributed by atoms with E-state index in [4.69, 9.17) is 9.47 Å². The van der Waals surface area contributed by atoms with E-state index in [1.165, 1.54) is 14.1 Å². The number of nitrogens with one attached hydrogen (secondary N) is 1. The van der Waals surface area contributed by atoms with E-state index in [0.29, 0.717) is 24.5 Å². The fourth-order valence-corrected chi connectivity index (χ4v) is 2.11. The van der Waals surface area contributed by atoms with Crippen LogP contribution in [0.3, 0.4) is 0 Å². The van der Waals surface area contributed by atoms with Crippen LogP contribution in [0.2, 0.25) is 0 Å². The molecule has 7 heteroatoms. The Morgan fingerprint density at radius 3 is 2.32 bits per heavy atom. The lowest BCUT2D eigenvalue weighted by Gasteiger charge is -2.13. The van der Waals surface area contributed by atoms with Crippen LogP contribution in [0.5, 0.6) is 11.5 Å². The average molecular weight is 288 g/mol. The summed E-state index contributed by atoms with van der Waals surface area (Å²) >= 11 is 0. The second-order valence-electron chi connectivity index (χ2n) is 4.12. The summed E-state index contributed by atoms with van der Waals surface area (Å²) in [5.41, 5.74) is 0.971. The van der Waals surface area contributed by atoms with Crippen molar-refractivity contribution < 1.29 is 17.9 Å². The Bertz CT molecular complexity index is 514. The quantitative estimate of drug-likeness (QED) is 0.799. The topological polar surface area (TPSA) is 67.9 Å². The van der Waals surface area contributed by atoms with Gasteiger partial charge in [0.2, 0.25) is 0 Å². The van der Waals surface area contributed by atoms with Crippen molar-refractivity contribution in [3.05, 3.63) is 23.8 Å². The first-order valence-electron chi connectivity index (χ1n) is 5.78. The van der Waals surface area contributed by atoms with E-state index >= 15 is 0 Å². The van der Waals surface area contributed by atoms with E-state index in [0.717, 1.165) is 9.87 Å². The summed E-state index contributed by atoms with van der Waals surface area (Å²) in [5.74, 6) is 1.29. The second-order valence-corrected chi connectivity index (χ2v) is 6.09. The Hall–Kier alpha value is -1.31. The molecule has 0 aliphatic heterocycles. The van der Waals surface area contributed by atoms with E-state index in [1.807, 2.05) is 12.1 Å². The highest BCUT2D eigenvalue weighted by Gasteiger charge is 2.12. The Morgan fingerprint density at radius 1 is 1.16 bits per heavy atom. The van der Waals surface area contributed by atoms with Gasteiger partial charge in [0.05, 0.1) is 14.2 Å². The molecule has 0 heterocycles. The number of hydrogen-bond donors (Lipinski definition) is 1. The van der Waals surface area contributed by atoms with Gasteiger partial charge < -0.3 is 9.47 Å². The third-order valence-corrected chi connectivity index (χ3v) is 4.16. The van der Waals surface area contributed by atoms with Gasteiger partial charge in [-0.1, -0.05) is 6.07 Å². The Balaban J connectivity index is 2.64. The molecule has 0 spiro atoms. The van der Waals surface area contributed by atoms with Crippen LogP contribution in [0.15, 0.2) is 18.2 Å². The first-order chi connectivity index (χ1) is 8.90. The van der Waals surface area contributed by atoms with Crippen molar-refractivity contribution in [2.75, 3.05) is 34.9 Å². The lowest BCUT2D eigenvalue weighted by Crippen LogP contribution is -2.36. The monoisotopic (exact) mass is 288 g/mol. The van der Waals surface area contributed by atoms with Gasteiger partial charge in [-0.2, -0.15) is 12.7 Å². The summed E-state index contributed by atoms with van der Waals surface area (Å²) in [6, 6.07) is 5.52. The standard InChI is InChI=1S/C12H20N2O4S/c1-14(2)19(15,16)13-8-7-10-5-6-11(17-3)12(9-10)18-4/h5-6,9,13H,7-8H2,1-4H3.